The van der Waals surface area contributed by atoms with Crippen molar-refractivity contribution in [3.63, 3.8) is 0 Å². The van der Waals surface area contributed by atoms with Gasteiger partial charge in [-0.1, -0.05) is 6.07 Å². The number of hydrogen-bond acceptors (Lipinski definition) is 9. The number of rotatable bonds is 8. The van der Waals surface area contributed by atoms with Crippen LogP contribution in [0.15, 0.2) is 42.9 Å². The van der Waals surface area contributed by atoms with Crippen molar-refractivity contribution in [2.75, 3.05) is 23.3 Å². The first kappa shape index (κ1) is 19.5. The number of pyridine rings is 1. The molecular formula is C19H16N8O2. The third kappa shape index (κ3) is 4.34. The van der Waals surface area contributed by atoms with Crippen molar-refractivity contribution in [3.8, 4) is 12.1 Å². The van der Waals surface area contributed by atoms with Crippen molar-refractivity contribution in [3.05, 3.63) is 53.0 Å². The highest BCUT2D eigenvalue weighted by atomic mass is 16.6. The SMILES string of the molecule is N#CCCN(CCC#N)c1ncnc(Nc2cccc3ncccc23)c1[N+](=O)[O-]. The van der Waals surface area contributed by atoms with Crippen molar-refractivity contribution >= 4 is 33.9 Å². The van der Waals surface area contributed by atoms with Crippen molar-refractivity contribution in [1.29, 1.82) is 10.5 Å². The first-order valence-electron chi connectivity index (χ1n) is 8.74. The summed E-state index contributed by atoms with van der Waals surface area (Å²) in [7, 11) is 0. The Bertz CT molecular complexity index is 1100. The lowest BCUT2D eigenvalue weighted by atomic mass is 10.2. The number of benzene rings is 1. The molecule has 0 spiro atoms. The van der Waals surface area contributed by atoms with Crippen molar-refractivity contribution in [2.24, 2.45) is 0 Å². The quantitative estimate of drug-likeness (QED) is 0.453. The van der Waals surface area contributed by atoms with Crippen LogP contribution in [0, 0.1) is 32.8 Å². The Kier molecular flexibility index (Phi) is 6.08. The normalized spacial score (nSPS) is 10.1. The standard InChI is InChI=1S/C19H16N8O2/c20-8-3-11-26(12-4-9-21)19-17(27(28)29)18(23-13-24-19)25-16-7-1-6-15-14(16)5-2-10-22-15/h1-2,5-7,10,13H,3-4,11-12H2,(H,23,24,25). The Hall–Kier alpha value is -4.31. The number of nitriles is 2. The van der Waals surface area contributed by atoms with Crippen LogP contribution in [0.3, 0.4) is 0 Å². The number of aromatic nitrogens is 3. The maximum atomic E-state index is 11.9. The second-order valence-corrected chi connectivity index (χ2v) is 5.96. The van der Waals surface area contributed by atoms with Crippen molar-refractivity contribution in [2.45, 2.75) is 12.8 Å². The highest BCUT2D eigenvalue weighted by molar-refractivity contribution is 5.93. The molecule has 2 heterocycles. The molecule has 0 saturated carbocycles. The van der Waals surface area contributed by atoms with E-state index in [9.17, 15) is 10.1 Å². The predicted octanol–water partition coefficient (Wildman–Crippen LogP) is 3.31. The molecule has 3 rings (SSSR count). The van der Waals surface area contributed by atoms with Gasteiger partial charge in [-0.15, -0.1) is 0 Å². The van der Waals surface area contributed by atoms with Crippen LogP contribution >= 0.6 is 0 Å². The van der Waals surface area contributed by atoms with Gasteiger partial charge in [-0.2, -0.15) is 10.5 Å². The van der Waals surface area contributed by atoms with Crippen LogP contribution in [-0.2, 0) is 0 Å². The maximum absolute atomic E-state index is 11.9. The molecule has 0 atom stereocenters. The maximum Gasteiger partial charge on any atom is 0.353 e. The molecule has 0 bridgehead atoms. The Balaban J connectivity index is 2.05. The zero-order valence-electron chi connectivity index (χ0n) is 15.3. The van der Waals surface area contributed by atoms with Gasteiger partial charge in [-0.05, 0) is 24.3 Å². The van der Waals surface area contributed by atoms with Crippen molar-refractivity contribution in [1.82, 2.24) is 15.0 Å². The Labute approximate surface area is 166 Å². The molecule has 3 aromatic rings. The number of fused-ring (bicyclic) bond motifs is 1. The Morgan fingerprint density at radius 3 is 2.52 bits per heavy atom. The van der Waals surface area contributed by atoms with E-state index in [2.05, 4.69) is 20.3 Å². The van der Waals surface area contributed by atoms with Gasteiger partial charge in [0.1, 0.15) is 6.33 Å². The molecule has 0 aliphatic carbocycles. The number of anilines is 3. The van der Waals surface area contributed by atoms with E-state index < -0.39 is 4.92 Å². The lowest BCUT2D eigenvalue weighted by molar-refractivity contribution is -0.383. The van der Waals surface area contributed by atoms with Gasteiger partial charge in [0, 0.05) is 30.4 Å². The van der Waals surface area contributed by atoms with Gasteiger partial charge >= 0.3 is 5.69 Å². The van der Waals surface area contributed by atoms with Crippen molar-refractivity contribution < 1.29 is 4.92 Å². The Morgan fingerprint density at radius 1 is 1.07 bits per heavy atom. The summed E-state index contributed by atoms with van der Waals surface area (Å²) in [4.78, 5) is 25.3. The monoisotopic (exact) mass is 388 g/mol. The second-order valence-electron chi connectivity index (χ2n) is 5.96. The van der Waals surface area contributed by atoms with E-state index in [0.29, 0.717) is 5.69 Å². The van der Waals surface area contributed by atoms with Crippen LogP contribution in [0.1, 0.15) is 12.8 Å². The summed E-state index contributed by atoms with van der Waals surface area (Å²) in [6, 6.07) is 13.0. The lowest BCUT2D eigenvalue weighted by Crippen LogP contribution is -2.27. The van der Waals surface area contributed by atoms with E-state index in [-0.39, 0.29) is 43.3 Å². The molecule has 0 unspecified atom stereocenters. The number of nitro groups is 1. The first-order valence-corrected chi connectivity index (χ1v) is 8.74. The molecule has 10 nitrogen and oxygen atoms in total. The molecule has 0 aliphatic rings. The van der Waals surface area contributed by atoms with Gasteiger partial charge in [-0.25, -0.2) is 9.97 Å². The van der Waals surface area contributed by atoms with E-state index in [0.717, 1.165) is 10.9 Å². The largest absolute Gasteiger partial charge is 0.353 e. The average Bonchev–Trinajstić information content (AvgIpc) is 2.74. The lowest BCUT2D eigenvalue weighted by Gasteiger charge is -2.21. The molecule has 0 fully saturated rings. The van der Waals surface area contributed by atoms with Gasteiger partial charge in [0.15, 0.2) is 0 Å². The highest BCUT2D eigenvalue weighted by Gasteiger charge is 2.27. The molecule has 2 aromatic heterocycles. The minimum absolute atomic E-state index is 0.0234. The third-order valence-corrected chi connectivity index (χ3v) is 4.17. The molecule has 10 heteroatoms. The van der Waals surface area contributed by atoms with E-state index in [1.165, 1.54) is 6.33 Å². The number of nitrogens with one attached hydrogen (secondary N) is 1. The van der Waals surface area contributed by atoms with Crippen LogP contribution in [0.5, 0.6) is 0 Å². The molecule has 0 saturated heterocycles. The van der Waals surface area contributed by atoms with Crippen LogP contribution < -0.4 is 10.2 Å². The van der Waals surface area contributed by atoms with E-state index in [1.54, 1.807) is 29.3 Å². The Morgan fingerprint density at radius 2 is 1.83 bits per heavy atom. The predicted molar refractivity (Wildman–Crippen MR) is 106 cm³/mol. The molecule has 1 N–H and O–H groups in total. The minimum atomic E-state index is -0.563. The summed E-state index contributed by atoms with van der Waals surface area (Å²) in [6.07, 6.45) is 3.17. The molecule has 0 aliphatic heterocycles. The van der Waals surface area contributed by atoms with Crippen LogP contribution in [0.25, 0.3) is 10.9 Å². The minimum Gasteiger partial charge on any atom is -0.349 e. The highest BCUT2D eigenvalue weighted by Crippen LogP contribution is 2.35. The van der Waals surface area contributed by atoms with Gasteiger partial charge in [0.05, 0.1) is 35.4 Å². The number of hydrogen-bond donors (Lipinski definition) is 1. The molecular weight excluding hydrogens is 372 g/mol. The summed E-state index contributed by atoms with van der Waals surface area (Å²) < 4.78 is 0. The fourth-order valence-corrected chi connectivity index (χ4v) is 2.89. The molecule has 1 aromatic carbocycles. The van der Waals surface area contributed by atoms with Gasteiger partial charge in [0.25, 0.3) is 0 Å². The van der Waals surface area contributed by atoms with E-state index in [4.69, 9.17) is 10.5 Å². The third-order valence-electron chi connectivity index (χ3n) is 4.17. The fourth-order valence-electron chi connectivity index (χ4n) is 2.89. The smallest absolute Gasteiger partial charge is 0.349 e. The summed E-state index contributed by atoms with van der Waals surface area (Å²) in [5, 5.41) is 33.4. The average molecular weight is 388 g/mol. The molecule has 0 amide bonds. The van der Waals surface area contributed by atoms with Gasteiger partial charge in [0.2, 0.25) is 11.6 Å². The zero-order valence-corrected chi connectivity index (χ0v) is 15.3. The summed E-state index contributed by atoms with van der Waals surface area (Å²) in [6.45, 7) is 0.432. The topological polar surface area (TPSA) is 145 Å². The molecule has 144 valence electrons. The first-order chi connectivity index (χ1) is 14.2. The van der Waals surface area contributed by atoms with Crippen LogP contribution in [0.4, 0.5) is 23.0 Å². The van der Waals surface area contributed by atoms with Crippen LogP contribution in [-0.4, -0.2) is 33.0 Å². The van der Waals surface area contributed by atoms with Gasteiger partial charge in [-0.3, -0.25) is 15.1 Å². The molecule has 0 radical (unpaired) electrons. The van der Waals surface area contributed by atoms with E-state index in [1.807, 2.05) is 24.3 Å². The summed E-state index contributed by atoms with van der Waals surface area (Å²) in [5.74, 6) is 0.0895. The second kappa shape index (κ2) is 9.06. The van der Waals surface area contributed by atoms with Crippen LogP contribution in [0.2, 0.25) is 0 Å². The fraction of sp³-hybridized carbons (Fsp3) is 0.211. The summed E-state index contributed by atoms with van der Waals surface area (Å²) >= 11 is 0. The summed E-state index contributed by atoms with van der Waals surface area (Å²) in [5.41, 5.74) is 1.03. The zero-order chi connectivity index (χ0) is 20.6. The number of nitrogens with zero attached hydrogens (tertiary/aromatic N) is 7. The van der Waals surface area contributed by atoms with E-state index >= 15 is 0 Å². The van der Waals surface area contributed by atoms with Gasteiger partial charge < -0.3 is 10.2 Å². The molecule has 29 heavy (non-hydrogen) atoms.